The lowest BCUT2D eigenvalue weighted by Crippen LogP contribution is -2.56. The van der Waals surface area contributed by atoms with E-state index in [4.69, 9.17) is 0 Å². The number of hydrogen-bond acceptors (Lipinski definition) is 4. The number of alkyl halides is 3. The molecule has 2 fully saturated rings. The summed E-state index contributed by atoms with van der Waals surface area (Å²) in [5, 5.41) is 2.40. The lowest BCUT2D eigenvalue weighted by Gasteiger charge is -2.41. The predicted octanol–water partition coefficient (Wildman–Crippen LogP) is 3.83. The number of benzene rings is 1. The van der Waals surface area contributed by atoms with Crippen LogP contribution in [0.4, 0.5) is 18.9 Å². The highest BCUT2D eigenvalue weighted by molar-refractivity contribution is 5.93. The molecule has 9 heteroatoms. The monoisotopic (exact) mass is 468 g/mol. The van der Waals surface area contributed by atoms with Crippen molar-refractivity contribution in [2.75, 3.05) is 44.6 Å². The molecule has 1 aromatic carbocycles. The topological polar surface area (TPSA) is 55.9 Å². The third-order valence-electron chi connectivity index (χ3n) is 6.82. The fourth-order valence-electron chi connectivity index (χ4n) is 4.92. The molecule has 0 spiro atoms. The van der Waals surface area contributed by atoms with Crippen LogP contribution in [0, 0.1) is 0 Å². The second kappa shape index (κ2) is 11.3. The number of carbonyl (C=O) groups is 2. The summed E-state index contributed by atoms with van der Waals surface area (Å²) in [4.78, 5) is 31.6. The lowest BCUT2D eigenvalue weighted by atomic mass is 9.93. The minimum absolute atomic E-state index is 0.0194. The molecule has 0 aromatic heterocycles. The summed E-state index contributed by atoms with van der Waals surface area (Å²) in [7, 11) is 0. The molecule has 1 saturated heterocycles. The van der Waals surface area contributed by atoms with Crippen molar-refractivity contribution < 1.29 is 22.8 Å². The maximum absolute atomic E-state index is 13.2. The summed E-state index contributed by atoms with van der Waals surface area (Å²) >= 11 is 0. The van der Waals surface area contributed by atoms with E-state index < -0.39 is 17.6 Å². The Morgan fingerprint density at radius 2 is 1.73 bits per heavy atom. The first-order valence-electron chi connectivity index (χ1n) is 11.9. The highest BCUT2D eigenvalue weighted by Crippen LogP contribution is 2.34. The average molecular weight is 469 g/mol. The Balaban J connectivity index is 1.49. The van der Waals surface area contributed by atoms with Crippen molar-refractivity contribution in [3.63, 3.8) is 0 Å². The van der Waals surface area contributed by atoms with Gasteiger partial charge in [0.1, 0.15) is 0 Å². The van der Waals surface area contributed by atoms with Crippen molar-refractivity contribution in [1.82, 2.24) is 14.7 Å². The van der Waals surface area contributed by atoms with E-state index in [9.17, 15) is 22.8 Å². The van der Waals surface area contributed by atoms with Crippen molar-refractivity contribution in [3.8, 4) is 0 Å². The Labute approximate surface area is 194 Å². The molecule has 1 aliphatic carbocycles. The third kappa shape index (κ3) is 6.69. The molecule has 0 bridgehead atoms. The standard InChI is InChI=1S/C24H35F3N4O2/c1-3-31(19-9-5-4-6-10-19)23(33)18(2)30-15-13-29(14-16-30)17-22(32)28-21-12-8-7-11-20(21)24(25,26)27/h7-8,11-12,18-19H,3-6,9-10,13-17H2,1-2H3,(H,28,32)/t18-/m1/s1. The van der Waals surface area contributed by atoms with Gasteiger partial charge in [-0.25, -0.2) is 0 Å². The summed E-state index contributed by atoms with van der Waals surface area (Å²) in [5.41, 5.74) is -1.08. The molecule has 3 rings (SSSR count). The summed E-state index contributed by atoms with van der Waals surface area (Å²) in [6.45, 7) is 7.17. The number of para-hydroxylation sites is 1. The largest absolute Gasteiger partial charge is 0.418 e. The van der Waals surface area contributed by atoms with Gasteiger partial charge in [-0.15, -0.1) is 0 Å². The van der Waals surface area contributed by atoms with Crippen molar-refractivity contribution in [1.29, 1.82) is 0 Å². The molecular formula is C24H35F3N4O2. The molecule has 2 amide bonds. The fourth-order valence-corrected chi connectivity index (χ4v) is 4.92. The summed E-state index contributed by atoms with van der Waals surface area (Å²) in [6.07, 6.45) is 1.23. The molecule has 1 N–H and O–H groups in total. The quantitative estimate of drug-likeness (QED) is 0.661. The number of halogens is 3. The minimum atomic E-state index is -4.53. The van der Waals surface area contributed by atoms with E-state index in [2.05, 4.69) is 10.2 Å². The molecule has 6 nitrogen and oxygen atoms in total. The van der Waals surface area contributed by atoms with Gasteiger partial charge in [0.25, 0.3) is 0 Å². The van der Waals surface area contributed by atoms with Gasteiger partial charge >= 0.3 is 6.18 Å². The highest BCUT2D eigenvalue weighted by Gasteiger charge is 2.34. The number of carbonyl (C=O) groups excluding carboxylic acids is 2. The number of piperazine rings is 1. The summed E-state index contributed by atoms with van der Waals surface area (Å²) in [6, 6.07) is 5.10. The van der Waals surface area contributed by atoms with E-state index in [0.29, 0.717) is 38.8 Å². The van der Waals surface area contributed by atoms with Crippen molar-refractivity contribution in [2.45, 2.75) is 64.2 Å². The number of hydrogen-bond donors (Lipinski definition) is 1. The van der Waals surface area contributed by atoms with Crippen LogP contribution < -0.4 is 5.32 Å². The van der Waals surface area contributed by atoms with Crippen molar-refractivity contribution in [3.05, 3.63) is 29.8 Å². The maximum atomic E-state index is 13.2. The Kier molecular flexibility index (Phi) is 8.75. The molecule has 1 heterocycles. The van der Waals surface area contributed by atoms with Crippen LogP contribution in [0.5, 0.6) is 0 Å². The SMILES string of the molecule is CCN(C(=O)[C@@H](C)N1CCN(CC(=O)Nc2ccccc2C(F)(F)F)CC1)C1CCCCC1. The van der Waals surface area contributed by atoms with Crippen LogP contribution >= 0.6 is 0 Å². The zero-order valence-corrected chi connectivity index (χ0v) is 19.5. The molecule has 1 aliphatic heterocycles. The van der Waals surface area contributed by atoms with Crippen LogP contribution in [-0.2, 0) is 15.8 Å². The molecule has 2 aliphatic rings. The maximum Gasteiger partial charge on any atom is 0.418 e. The van der Waals surface area contributed by atoms with Gasteiger partial charge < -0.3 is 10.2 Å². The average Bonchev–Trinajstić information content (AvgIpc) is 2.80. The van der Waals surface area contributed by atoms with Crippen LogP contribution in [0.25, 0.3) is 0 Å². The first-order chi connectivity index (χ1) is 15.7. The molecule has 184 valence electrons. The number of rotatable bonds is 7. The molecule has 33 heavy (non-hydrogen) atoms. The molecule has 1 atom stereocenters. The van der Waals surface area contributed by atoms with E-state index in [1.165, 1.54) is 37.5 Å². The zero-order chi connectivity index (χ0) is 24.0. The zero-order valence-electron chi connectivity index (χ0n) is 19.5. The van der Waals surface area contributed by atoms with Crippen LogP contribution in [0.1, 0.15) is 51.5 Å². The summed E-state index contributed by atoms with van der Waals surface area (Å²) in [5.74, 6) is -0.307. The molecule has 0 unspecified atom stereocenters. The second-order valence-corrected chi connectivity index (χ2v) is 9.00. The van der Waals surface area contributed by atoms with Crippen molar-refractivity contribution in [2.24, 2.45) is 0 Å². The van der Waals surface area contributed by atoms with Gasteiger partial charge in [0.05, 0.1) is 23.8 Å². The number of nitrogens with zero attached hydrogens (tertiary/aromatic N) is 3. The van der Waals surface area contributed by atoms with Crippen LogP contribution in [0.15, 0.2) is 24.3 Å². The van der Waals surface area contributed by atoms with Gasteiger partial charge in [-0.3, -0.25) is 19.4 Å². The van der Waals surface area contributed by atoms with E-state index >= 15 is 0 Å². The number of anilines is 1. The smallest absolute Gasteiger partial charge is 0.339 e. The number of amides is 2. The van der Waals surface area contributed by atoms with Gasteiger partial charge in [0, 0.05) is 38.8 Å². The van der Waals surface area contributed by atoms with E-state index in [1.54, 1.807) is 0 Å². The van der Waals surface area contributed by atoms with Gasteiger partial charge in [-0.05, 0) is 38.8 Å². The molecule has 1 aromatic rings. The Morgan fingerprint density at radius 1 is 1.09 bits per heavy atom. The Bertz CT molecular complexity index is 803. The van der Waals surface area contributed by atoms with Gasteiger partial charge in [-0.2, -0.15) is 13.2 Å². The highest BCUT2D eigenvalue weighted by atomic mass is 19.4. The van der Waals surface area contributed by atoms with E-state index in [1.807, 2.05) is 23.6 Å². The fraction of sp³-hybridized carbons (Fsp3) is 0.667. The molecular weight excluding hydrogens is 433 g/mol. The predicted molar refractivity (Wildman–Crippen MR) is 122 cm³/mol. The first-order valence-corrected chi connectivity index (χ1v) is 11.9. The second-order valence-electron chi connectivity index (χ2n) is 9.00. The number of nitrogens with one attached hydrogen (secondary N) is 1. The van der Waals surface area contributed by atoms with E-state index in [-0.39, 0.29) is 24.2 Å². The van der Waals surface area contributed by atoms with E-state index in [0.717, 1.165) is 18.9 Å². The molecule has 0 radical (unpaired) electrons. The number of likely N-dealkylation sites (N-methyl/N-ethyl adjacent to an activating group) is 1. The Morgan fingerprint density at radius 3 is 2.33 bits per heavy atom. The van der Waals surface area contributed by atoms with Gasteiger partial charge in [0.15, 0.2) is 0 Å². The van der Waals surface area contributed by atoms with Gasteiger partial charge in [-0.1, -0.05) is 31.4 Å². The van der Waals surface area contributed by atoms with Crippen LogP contribution in [0.2, 0.25) is 0 Å². The molecule has 1 saturated carbocycles. The van der Waals surface area contributed by atoms with Crippen LogP contribution in [-0.4, -0.2) is 77.9 Å². The van der Waals surface area contributed by atoms with Crippen LogP contribution in [0.3, 0.4) is 0 Å². The first kappa shape index (κ1) is 25.5. The van der Waals surface area contributed by atoms with Crippen molar-refractivity contribution >= 4 is 17.5 Å². The Hall–Kier alpha value is -2.13. The normalized spacial score (nSPS) is 19.8. The summed E-state index contributed by atoms with van der Waals surface area (Å²) < 4.78 is 39.4. The van der Waals surface area contributed by atoms with Gasteiger partial charge in [0.2, 0.25) is 11.8 Å². The third-order valence-corrected chi connectivity index (χ3v) is 6.82. The lowest BCUT2D eigenvalue weighted by molar-refractivity contribution is -0.140. The minimum Gasteiger partial charge on any atom is -0.339 e.